The second-order valence-electron chi connectivity index (χ2n) is 6.49. The average molecular weight is 395 g/mol. The number of carbonyl (C=O) groups excluding carboxylic acids is 1. The van der Waals surface area contributed by atoms with Gasteiger partial charge < -0.3 is 10.1 Å². The summed E-state index contributed by atoms with van der Waals surface area (Å²) in [6.45, 7) is 3.18. The zero-order chi connectivity index (χ0) is 20.1. The fraction of sp³-hybridized carbons (Fsp3) is 0.136. The van der Waals surface area contributed by atoms with Crippen LogP contribution >= 0.6 is 0 Å². The van der Waals surface area contributed by atoms with Crippen LogP contribution in [0, 0.1) is 0 Å². The van der Waals surface area contributed by atoms with Gasteiger partial charge in [0.15, 0.2) is 9.84 Å². The summed E-state index contributed by atoms with van der Waals surface area (Å²) >= 11 is 0. The largest absolute Gasteiger partial charge is 0.457 e. The number of para-hydroxylation sites is 1. The van der Waals surface area contributed by atoms with Crippen molar-refractivity contribution in [2.45, 2.75) is 24.0 Å². The summed E-state index contributed by atoms with van der Waals surface area (Å²) in [6.07, 6.45) is 0. The van der Waals surface area contributed by atoms with E-state index >= 15 is 0 Å². The van der Waals surface area contributed by atoms with E-state index in [0.29, 0.717) is 17.2 Å². The van der Waals surface area contributed by atoms with Crippen molar-refractivity contribution >= 4 is 21.4 Å². The lowest BCUT2D eigenvalue weighted by Gasteiger charge is -2.13. The molecule has 0 unspecified atom stereocenters. The van der Waals surface area contributed by atoms with Crippen molar-refractivity contribution in [2.75, 3.05) is 5.32 Å². The van der Waals surface area contributed by atoms with Gasteiger partial charge in [0.05, 0.1) is 15.7 Å². The lowest BCUT2D eigenvalue weighted by atomic mass is 10.2. The summed E-state index contributed by atoms with van der Waals surface area (Å²) in [7, 11) is -3.58. The molecule has 0 aliphatic heterocycles. The first-order chi connectivity index (χ1) is 13.4. The molecule has 3 aromatic carbocycles. The second-order valence-corrected chi connectivity index (χ2v) is 8.96. The van der Waals surface area contributed by atoms with Crippen LogP contribution in [-0.4, -0.2) is 19.6 Å². The first-order valence-electron chi connectivity index (χ1n) is 8.85. The van der Waals surface area contributed by atoms with Gasteiger partial charge in [0.2, 0.25) is 0 Å². The Morgan fingerprint density at radius 2 is 1.50 bits per heavy atom. The number of nitrogens with one attached hydrogen (secondary N) is 1. The molecule has 28 heavy (non-hydrogen) atoms. The van der Waals surface area contributed by atoms with E-state index in [2.05, 4.69) is 5.32 Å². The van der Waals surface area contributed by atoms with Gasteiger partial charge >= 0.3 is 0 Å². The molecule has 3 rings (SSSR count). The highest BCUT2D eigenvalue weighted by atomic mass is 32.2. The van der Waals surface area contributed by atoms with E-state index < -0.39 is 21.0 Å². The van der Waals surface area contributed by atoms with E-state index in [1.54, 1.807) is 50.2 Å². The highest BCUT2D eigenvalue weighted by molar-refractivity contribution is 7.92. The van der Waals surface area contributed by atoms with Crippen molar-refractivity contribution in [3.8, 4) is 11.5 Å². The van der Waals surface area contributed by atoms with Gasteiger partial charge in [-0.1, -0.05) is 36.4 Å². The minimum atomic E-state index is -3.58. The Bertz CT molecular complexity index is 1080. The SMILES string of the molecule is CC(C)S(=O)(=O)c1ccccc1C(=O)Nc1cccc(Oc2ccccc2)c1. The number of rotatable bonds is 6. The molecule has 0 saturated heterocycles. The predicted octanol–water partition coefficient (Wildman–Crippen LogP) is 4.91. The summed E-state index contributed by atoms with van der Waals surface area (Å²) < 4.78 is 30.9. The van der Waals surface area contributed by atoms with Gasteiger partial charge in [0, 0.05) is 11.8 Å². The van der Waals surface area contributed by atoms with Gasteiger partial charge in [0.1, 0.15) is 11.5 Å². The summed E-state index contributed by atoms with van der Waals surface area (Å²) in [5.41, 5.74) is 0.626. The van der Waals surface area contributed by atoms with Gasteiger partial charge in [-0.05, 0) is 50.2 Å². The molecule has 0 fully saturated rings. The average Bonchev–Trinajstić information content (AvgIpc) is 2.69. The smallest absolute Gasteiger partial charge is 0.256 e. The Hall–Kier alpha value is -3.12. The number of amides is 1. The normalized spacial score (nSPS) is 11.2. The lowest BCUT2D eigenvalue weighted by Crippen LogP contribution is -2.20. The van der Waals surface area contributed by atoms with Crippen molar-refractivity contribution in [1.29, 1.82) is 0 Å². The Kier molecular flexibility index (Phi) is 5.80. The van der Waals surface area contributed by atoms with E-state index in [4.69, 9.17) is 4.74 Å². The number of hydrogen-bond acceptors (Lipinski definition) is 4. The Labute approximate surface area is 164 Å². The first-order valence-corrected chi connectivity index (χ1v) is 10.4. The van der Waals surface area contributed by atoms with Crippen LogP contribution in [0.5, 0.6) is 11.5 Å². The highest BCUT2D eigenvalue weighted by Crippen LogP contribution is 2.25. The van der Waals surface area contributed by atoms with Crippen molar-refractivity contribution in [3.05, 3.63) is 84.4 Å². The van der Waals surface area contributed by atoms with Gasteiger partial charge in [-0.2, -0.15) is 0 Å². The van der Waals surface area contributed by atoms with E-state index in [1.165, 1.54) is 12.1 Å². The van der Waals surface area contributed by atoms with Crippen molar-refractivity contribution in [2.24, 2.45) is 0 Å². The Morgan fingerprint density at radius 3 is 2.21 bits per heavy atom. The third kappa shape index (κ3) is 4.40. The summed E-state index contributed by atoms with van der Waals surface area (Å²) in [5, 5.41) is 2.13. The minimum absolute atomic E-state index is 0.0270. The van der Waals surface area contributed by atoms with Crippen LogP contribution < -0.4 is 10.1 Å². The van der Waals surface area contributed by atoms with Gasteiger partial charge in [-0.3, -0.25) is 4.79 Å². The highest BCUT2D eigenvalue weighted by Gasteiger charge is 2.25. The molecule has 0 spiro atoms. The van der Waals surface area contributed by atoms with Crippen LogP contribution in [0.3, 0.4) is 0 Å². The van der Waals surface area contributed by atoms with Crippen LogP contribution in [0.25, 0.3) is 0 Å². The van der Waals surface area contributed by atoms with E-state index in [0.717, 1.165) is 0 Å². The van der Waals surface area contributed by atoms with Crippen LogP contribution in [0.15, 0.2) is 83.8 Å². The molecule has 0 aliphatic rings. The van der Waals surface area contributed by atoms with Crippen LogP contribution in [0.4, 0.5) is 5.69 Å². The summed E-state index contributed by atoms with van der Waals surface area (Å²) in [4.78, 5) is 12.8. The molecule has 144 valence electrons. The standard InChI is InChI=1S/C22H21NO4S/c1-16(2)28(25,26)21-14-7-6-13-20(21)22(24)23-17-9-8-12-19(15-17)27-18-10-4-3-5-11-18/h3-16H,1-2H3,(H,23,24). The lowest BCUT2D eigenvalue weighted by molar-refractivity contribution is 0.102. The molecule has 5 nitrogen and oxygen atoms in total. The second kappa shape index (κ2) is 8.27. The molecule has 0 radical (unpaired) electrons. The number of anilines is 1. The third-order valence-electron chi connectivity index (χ3n) is 4.13. The maximum absolute atomic E-state index is 12.8. The first kappa shape index (κ1) is 19.6. The zero-order valence-corrected chi connectivity index (χ0v) is 16.4. The fourth-order valence-electron chi connectivity index (χ4n) is 2.62. The predicted molar refractivity (Wildman–Crippen MR) is 110 cm³/mol. The van der Waals surface area contributed by atoms with Gasteiger partial charge in [-0.25, -0.2) is 8.42 Å². The number of carbonyl (C=O) groups is 1. The molecule has 1 N–H and O–H groups in total. The van der Waals surface area contributed by atoms with E-state index in [9.17, 15) is 13.2 Å². The van der Waals surface area contributed by atoms with Crippen LogP contribution in [-0.2, 0) is 9.84 Å². The quantitative estimate of drug-likeness (QED) is 0.643. The maximum Gasteiger partial charge on any atom is 0.256 e. The minimum Gasteiger partial charge on any atom is -0.457 e. The number of benzene rings is 3. The van der Waals surface area contributed by atoms with Gasteiger partial charge in [0.25, 0.3) is 5.91 Å². The van der Waals surface area contributed by atoms with Crippen molar-refractivity contribution in [1.82, 2.24) is 0 Å². The molecule has 0 bridgehead atoms. The molecule has 0 aliphatic carbocycles. The van der Waals surface area contributed by atoms with Crippen LogP contribution in [0.1, 0.15) is 24.2 Å². The molecule has 0 saturated carbocycles. The Morgan fingerprint density at radius 1 is 0.857 bits per heavy atom. The summed E-state index contributed by atoms with van der Waals surface area (Å²) in [5.74, 6) is 0.753. The topological polar surface area (TPSA) is 72.5 Å². The molecule has 3 aromatic rings. The zero-order valence-electron chi connectivity index (χ0n) is 15.6. The van der Waals surface area contributed by atoms with Crippen molar-refractivity contribution < 1.29 is 17.9 Å². The monoisotopic (exact) mass is 395 g/mol. The molecule has 0 heterocycles. The molecule has 0 aromatic heterocycles. The van der Waals surface area contributed by atoms with Crippen LogP contribution in [0.2, 0.25) is 0 Å². The number of sulfone groups is 1. The fourth-order valence-corrected chi connectivity index (χ4v) is 3.86. The van der Waals surface area contributed by atoms with E-state index in [1.807, 2.05) is 30.3 Å². The van der Waals surface area contributed by atoms with Gasteiger partial charge in [-0.15, -0.1) is 0 Å². The molecule has 0 atom stereocenters. The molecule has 1 amide bonds. The van der Waals surface area contributed by atoms with E-state index in [-0.39, 0.29) is 10.5 Å². The van der Waals surface area contributed by atoms with Crippen molar-refractivity contribution in [3.63, 3.8) is 0 Å². The molecular weight excluding hydrogens is 374 g/mol. The molecule has 6 heteroatoms. The number of ether oxygens (including phenoxy) is 1. The summed E-state index contributed by atoms with van der Waals surface area (Å²) in [6, 6.07) is 22.4. The maximum atomic E-state index is 12.8. The molecular formula is C22H21NO4S. The Balaban J connectivity index is 1.84. The number of hydrogen-bond donors (Lipinski definition) is 1. The third-order valence-corrected chi connectivity index (χ3v) is 6.34.